The van der Waals surface area contributed by atoms with E-state index < -0.39 is 0 Å². The number of thiophene rings is 1. The van der Waals surface area contributed by atoms with Gasteiger partial charge in [-0.1, -0.05) is 50.2 Å². The highest BCUT2D eigenvalue weighted by molar-refractivity contribution is 7.99. The fraction of sp³-hybridized carbons (Fsp3) is 0.552. The predicted octanol–water partition coefficient (Wildman–Crippen LogP) is 6.81. The van der Waals surface area contributed by atoms with Crippen LogP contribution in [-0.2, 0) is 17.6 Å². The fourth-order valence-electron chi connectivity index (χ4n) is 7.29. The molecule has 3 aliphatic rings. The second kappa shape index (κ2) is 9.13. The van der Waals surface area contributed by atoms with Crippen LogP contribution >= 0.6 is 34.7 Å². The number of carbonyl (C=O) groups excluding carboxylic acids is 1. The van der Waals surface area contributed by atoms with Crippen molar-refractivity contribution in [1.82, 2.24) is 14.5 Å². The molecule has 0 N–H and O–H groups in total. The summed E-state index contributed by atoms with van der Waals surface area (Å²) >= 11 is 9.52. The Kier molecular flexibility index (Phi) is 6.28. The van der Waals surface area contributed by atoms with Crippen LogP contribution < -0.4 is 5.56 Å². The molecule has 1 aliphatic heterocycles. The third-order valence-electron chi connectivity index (χ3n) is 8.50. The van der Waals surface area contributed by atoms with Crippen LogP contribution in [0.3, 0.4) is 0 Å². The average molecular weight is 556 g/mol. The Morgan fingerprint density at radius 1 is 1.22 bits per heavy atom. The van der Waals surface area contributed by atoms with Gasteiger partial charge in [-0.3, -0.25) is 14.2 Å². The third kappa shape index (κ3) is 4.45. The maximum atomic E-state index is 14.1. The summed E-state index contributed by atoms with van der Waals surface area (Å²) in [5.74, 6) is 0.418. The molecule has 1 saturated heterocycles. The minimum atomic E-state index is -0.0454. The van der Waals surface area contributed by atoms with Crippen molar-refractivity contribution in [1.29, 1.82) is 0 Å². The average Bonchev–Trinajstić information content (AvgIpc) is 3.32. The predicted molar refractivity (Wildman–Crippen MR) is 154 cm³/mol. The molecule has 37 heavy (non-hydrogen) atoms. The van der Waals surface area contributed by atoms with Gasteiger partial charge in [0.1, 0.15) is 4.83 Å². The van der Waals surface area contributed by atoms with E-state index in [1.807, 2.05) is 25.1 Å². The number of amides is 1. The Balaban J connectivity index is 1.38. The van der Waals surface area contributed by atoms with E-state index >= 15 is 0 Å². The second-order valence-corrected chi connectivity index (χ2v) is 14.8. The number of hydrogen-bond donors (Lipinski definition) is 0. The molecule has 0 radical (unpaired) electrons. The molecule has 2 atom stereocenters. The number of rotatable bonds is 4. The van der Waals surface area contributed by atoms with Crippen molar-refractivity contribution in [3.05, 3.63) is 49.6 Å². The molecule has 1 aromatic carbocycles. The molecule has 196 valence electrons. The summed E-state index contributed by atoms with van der Waals surface area (Å²) in [6.45, 7) is 9.74. The molecule has 1 saturated carbocycles. The number of halogens is 1. The molecule has 6 rings (SSSR count). The van der Waals surface area contributed by atoms with Gasteiger partial charge in [0, 0.05) is 22.5 Å². The van der Waals surface area contributed by atoms with Crippen LogP contribution in [0.25, 0.3) is 15.9 Å². The number of aryl methyl sites for hydroxylation is 2. The highest BCUT2D eigenvalue weighted by Gasteiger charge is 2.50. The van der Waals surface area contributed by atoms with Crippen LogP contribution in [-0.4, -0.2) is 38.7 Å². The Labute approximate surface area is 231 Å². The molecule has 0 spiro atoms. The van der Waals surface area contributed by atoms with Gasteiger partial charge in [-0.15, -0.1) is 11.3 Å². The summed E-state index contributed by atoms with van der Waals surface area (Å²) in [6, 6.07) is 5.94. The summed E-state index contributed by atoms with van der Waals surface area (Å²) in [7, 11) is 0. The number of hydrogen-bond acceptors (Lipinski definition) is 5. The Hall–Kier alpha value is -1.83. The topological polar surface area (TPSA) is 55.2 Å². The lowest BCUT2D eigenvalue weighted by molar-refractivity contribution is -0.129. The summed E-state index contributed by atoms with van der Waals surface area (Å²) in [4.78, 5) is 36.9. The monoisotopic (exact) mass is 555 g/mol. The van der Waals surface area contributed by atoms with Crippen LogP contribution in [0.2, 0.25) is 5.02 Å². The first-order chi connectivity index (χ1) is 17.6. The van der Waals surface area contributed by atoms with Crippen LogP contribution in [0.4, 0.5) is 0 Å². The van der Waals surface area contributed by atoms with Crippen LogP contribution in [0.15, 0.2) is 28.2 Å². The number of nitrogens with zero attached hydrogens (tertiary/aromatic N) is 3. The molecule has 2 aliphatic carbocycles. The van der Waals surface area contributed by atoms with Gasteiger partial charge in [0.05, 0.1) is 16.8 Å². The van der Waals surface area contributed by atoms with E-state index in [0.29, 0.717) is 16.2 Å². The highest BCUT2D eigenvalue weighted by Crippen LogP contribution is 2.52. The molecule has 1 amide bonds. The number of carbonyl (C=O) groups is 1. The fourth-order valence-corrected chi connectivity index (χ4v) is 9.66. The zero-order valence-corrected chi connectivity index (χ0v) is 24.4. The van der Waals surface area contributed by atoms with Gasteiger partial charge in [-0.05, 0) is 86.0 Å². The molecule has 8 heteroatoms. The maximum absolute atomic E-state index is 14.1. The van der Waals surface area contributed by atoms with Crippen LogP contribution in [0.5, 0.6) is 0 Å². The van der Waals surface area contributed by atoms with E-state index in [1.165, 1.54) is 22.2 Å². The first kappa shape index (κ1) is 25.4. The largest absolute Gasteiger partial charge is 0.338 e. The Bertz CT molecular complexity index is 1480. The van der Waals surface area contributed by atoms with Crippen molar-refractivity contribution in [2.24, 2.45) is 10.8 Å². The summed E-state index contributed by atoms with van der Waals surface area (Å²) in [5.41, 5.74) is 3.16. The summed E-state index contributed by atoms with van der Waals surface area (Å²) in [6.07, 6.45) is 7.49. The van der Waals surface area contributed by atoms with Gasteiger partial charge < -0.3 is 4.90 Å². The zero-order valence-electron chi connectivity index (χ0n) is 22.0. The third-order valence-corrected chi connectivity index (χ3v) is 11.0. The van der Waals surface area contributed by atoms with Crippen molar-refractivity contribution < 1.29 is 4.79 Å². The quantitative estimate of drug-likeness (QED) is 0.262. The van der Waals surface area contributed by atoms with E-state index in [2.05, 4.69) is 25.7 Å². The number of fused-ring (bicyclic) bond motifs is 5. The molecule has 3 heterocycles. The van der Waals surface area contributed by atoms with Crippen molar-refractivity contribution in [3.8, 4) is 5.69 Å². The van der Waals surface area contributed by atoms with Gasteiger partial charge in [0.25, 0.3) is 5.56 Å². The van der Waals surface area contributed by atoms with Crippen LogP contribution in [0.1, 0.15) is 68.9 Å². The molecule has 5 nitrogen and oxygen atoms in total. The molecular weight excluding hydrogens is 522 g/mol. The second-order valence-electron chi connectivity index (χ2n) is 12.3. The standard InChI is InChI=1S/C29H34ClN3O2S2/c1-17-20(30)9-7-10-21(17)33-26(35)24-19-8-5-6-11-22(19)37-25(24)31-27(33)36-14-23(34)32-16-29(4)13-18(32)12-28(2,3)15-29/h7,9-10,18H,5-6,8,11-16H2,1-4H3/t18-,29-/m1/s1. The smallest absolute Gasteiger partial charge is 0.267 e. The van der Waals surface area contributed by atoms with E-state index in [0.717, 1.165) is 73.0 Å². The van der Waals surface area contributed by atoms with Gasteiger partial charge in [-0.2, -0.15) is 0 Å². The number of thioether (sulfide) groups is 1. The number of likely N-dealkylation sites (tertiary alicyclic amines) is 1. The maximum Gasteiger partial charge on any atom is 0.267 e. The van der Waals surface area contributed by atoms with E-state index in [1.54, 1.807) is 15.9 Å². The van der Waals surface area contributed by atoms with E-state index in [-0.39, 0.29) is 28.0 Å². The van der Waals surface area contributed by atoms with Gasteiger partial charge in [0.2, 0.25) is 5.91 Å². The lowest BCUT2D eigenvalue weighted by Crippen LogP contribution is -2.38. The normalized spacial score (nSPS) is 24.5. The molecule has 2 bridgehead atoms. The van der Waals surface area contributed by atoms with Crippen molar-refractivity contribution in [3.63, 3.8) is 0 Å². The summed E-state index contributed by atoms with van der Waals surface area (Å²) < 4.78 is 1.70. The van der Waals surface area contributed by atoms with E-state index in [4.69, 9.17) is 16.6 Å². The van der Waals surface area contributed by atoms with Crippen molar-refractivity contribution >= 4 is 50.8 Å². The molecule has 3 aromatic rings. The molecule has 2 fully saturated rings. The first-order valence-corrected chi connectivity index (χ1v) is 15.5. The minimum Gasteiger partial charge on any atom is -0.338 e. The van der Waals surface area contributed by atoms with Gasteiger partial charge >= 0.3 is 0 Å². The Morgan fingerprint density at radius 3 is 2.81 bits per heavy atom. The Morgan fingerprint density at radius 2 is 2.00 bits per heavy atom. The van der Waals surface area contributed by atoms with Crippen molar-refractivity contribution in [2.45, 2.75) is 83.8 Å². The molecule has 2 aromatic heterocycles. The number of benzene rings is 1. The zero-order chi connectivity index (χ0) is 26.1. The highest BCUT2D eigenvalue weighted by atomic mass is 35.5. The minimum absolute atomic E-state index is 0.0454. The summed E-state index contributed by atoms with van der Waals surface area (Å²) in [5, 5.41) is 1.94. The van der Waals surface area contributed by atoms with Crippen LogP contribution in [0, 0.1) is 17.8 Å². The number of aromatic nitrogens is 2. The van der Waals surface area contributed by atoms with Gasteiger partial charge in [-0.25, -0.2) is 4.98 Å². The van der Waals surface area contributed by atoms with Crippen molar-refractivity contribution in [2.75, 3.05) is 12.3 Å². The van der Waals surface area contributed by atoms with Gasteiger partial charge in [0.15, 0.2) is 5.16 Å². The molecular formula is C29H34ClN3O2S2. The van der Waals surface area contributed by atoms with E-state index in [9.17, 15) is 9.59 Å². The lowest BCUT2D eigenvalue weighted by Gasteiger charge is -2.39. The first-order valence-electron chi connectivity index (χ1n) is 13.3. The molecule has 0 unspecified atom stereocenters. The SMILES string of the molecule is Cc1c(Cl)cccc1-n1c(SCC(=O)N2C[C@]3(C)C[C@H]2CC(C)(C)C3)nc2sc3c(c2c1=O)CCCC3. The lowest BCUT2D eigenvalue weighted by atomic mass is 9.65.